The van der Waals surface area contributed by atoms with E-state index in [1.54, 1.807) is 11.0 Å². The molecule has 1 aliphatic carbocycles. The molecule has 0 spiro atoms. The second-order valence-electron chi connectivity index (χ2n) is 5.95. The minimum Gasteiger partial charge on any atom is -0.395 e. The van der Waals surface area contributed by atoms with Crippen molar-refractivity contribution in [3.63, 3.8) is 0 Å². The van der Waals surface area contributed by atoms with Gasteiger partial charge in [0.15, 0.2) is 0 Å². The van der Waals surface area contributed by atoms with E-state index in [0.29, 0.717) is 35.9 Å². The Morgan fingerprint density at radius 3 is 2.90 bits per heavy atom. The molecule has 116 valence electrons. The van der Waals surface area contributed by atoms with Crippen LogP contribution in [0.5, 0.6) is 0 Å². The Morgan fingerprint density at radius 1 is 1.48 bits per heavy atom. The van der Waals surface area contributed by atoms with E-state index in [-0.39, 0.29) is 12.5 Å². The summed E-state index contributed by atoms with van der Waals surface area (Å²) in [5.74, 6) is -0.0310. The molecule has 0 bridgehead atoms. The summed E-state index contributed by atoms with van der Waals surface area (Å²) in [6, 6.07) is 2.49. The average molecular weight is 312 g/mol. The normalized spacial score (nSPS) is 21.7. The maximum atomic E-state index is 12.8. The zero-order valence-electron chi connectivity index (χ0n) is 12.1. The van der Waals surface area contributed by atoms with Gasteiger partial charge in [-0.1, -0.05) is 11.6 Å². The first kappa shape index (κ1) is 14.9. The molecular formula is C15H22ClN3O2. The molecule has 1 unspecified atom stereocenters. The number of nitrogens with one attached hydrogen (secondary N) is 1. The van der Waals surface area contributed by atoms with Crippen molar-refractivity contribution in [1.82, 2.24) is 14.8 Å². The molecule has 0 radical (unpaired) electrons. The van der Waals surface area contributed by atoms with Crippen molar-refractivity contribution < 1.29 is 9.90 Å². The third-order valence-corrected chi connectivity index (χ3v) is 4.44. The fourth-order valence-electron chi connectivity index (χ4n) is 3.01. The van der Waals surface area contributed by atoms with Gasteiger partial charge in [-0.2, -0.15) is 0 Å². The second-order valence-corrected chi connectivity index (χ2v) is 6.39. The average Bonchev–Trinajstić information content (AvgIpc) is 3.04. The van der Waals surface area contributed by atoms with Gasteiger partial charge in [0.05, 0.1) is 11.6 Å². The van der Waals surface area contributed by atoms with E-state index in [1.807, 2.05) is 10.8 Å². The van der Waals surface area contributed by atoms with Crippen molar-refractivity contribution in [2.75, 3.05) is 26.2 Å². The molecule has 1 saturated carbocycles. The minimum absolute atomic E-state index is 0.0175. The van der Waals surface area contributed by atoms with Crippen LogP contribution in [0.25, 0.3) is 0 Å². The molecule has 1 atom stereocenters. The fourth-order valence-corrected chi connectivity index (χ4v) is 3.22. The monoisotopic (exact) mass is 311 g/mol. The van der Waals surface area contributed by atoms with Crippen molar-refractivity contribution in [3.05, 3.63) is 23.0 Å². The Labute approximate surface area is 129 Å². The molecule has 1 aromatic rings. The summed E-state index contributed by atoms with van der Waals surface area (Å²) in [5, 5.41) is 13.3. The highest BCUT2D eigenvalue weighted by atomic mass is 35.5. The van der Waals surface area contributed by atoms with Crippen LogP contribution < -0.4 is 5.32 Å². The van der Waals surface area contributed by atoms with E-state index in [2.05, 4.69) is 5.32 Å². The van der Waals surface area contributed by atoms with Crippen LogP contribution in [0.4, 0.5) is 0 Å². The molecule has 2 aliphatic rings. The second kappa shape index (κ2) is 6.38. The zero-order valence-corrected chi connectivity index (χ0v) is 12.9. The third kappa shape index (κ3) is 3.42. The number of rotatable bonds is 6. The lowest BCUT2D eigenvalue weighted by Crippen LogP contribution is -2.43. The van der Waals surface area contributed by atoms with Gasteiger partial charge in [-0.15, -0.1) is 0 Å². The quantitative estimate of drug-likeness (QED) is 0.840. The van der Waals surface area contributed by atoms with Gasteiger partial charge in [-0.3, -0.25) is 4.79 Å². The molecular weight excluding hydrogens is 290 g/mol. The summed E-state index contributed by atoms with van der Waals surface area (Å²) in [6.45, 7) is 2.00. The van der Waals surface area contributed by atoms with E-state index >= 15 is 0 Å². The van der Waals surface area contributed by atoms with Crippen molar-refractivity contribution in [1.29, 1.82) is 0 Å². The van der Waals surface area contributed by atoms with Crippen LogP contribution in [-0.2, 0) is 0 Å². The molecule has 1 saturated heterocycles. The molecule has 2 heterocycles. The summed E-state index contributed by atoms with van der Waals surface area (Å²) in [7, 11) is 0. The number of hydrogen-bond acceptors (Lipinski definition) is 3. The van der Waals surface area contributed by atoms with E-state index in [1.165, 1.54) is 0 Å². The number of nitrogens with zero attached hydrogens (tertiary/aromatic N) is 2. The molecule has 2 fully saturated rings. The lowest BCUT2D eigenvalue weighted by atomic mass is 10.2. The Balaban J connectivity index is 1.76. The van der Waals surface area contributed by atoms with Crippen LogP contribution in [0.2, 0.25) is 5.02 Å². The highest BCUT2D eigenvalue weighted by Gasteiger charge is 2.30. The van der Waals surface area contributed by atoms with Crippen LogP contribution in [0.1, 0.15) is 42.2 Å². The highest BCUT2D eigenvalue weighted by Crippen LogP contribution is 2.37. The first-order valence-corrected chi connectivity index (χ1v) is 8.07. The summed E-state index contributed by atoms with van der Waals surface area (Å²) in [6.07, 6.45) is 6.29. The van der Waals surface area contributed by atoms with Crippen LogP contribution in [0.3, 0.4) is 0 Å². The van der Waals surface area contributed by atoms with Crippen LogP contribution >= 0.6 is 11.6 Å². The van der Waals surface area contributed by atoms with Gasteiger partial charge >= 0.3 is 0 Å². The fraction of sp³-hybridized carbons (Fsp3) is 0.667. The summed E-state index contributed by atoms with van der Waals surface area (Å²) in [4.78, 5) is 14.5. The SMILES string of the molecule is O=C(c1cc(Cl)cn1C1CC1)N(CCO)CC1CCCN1. The molecule has 5 nitrogen and oxygen atoms in total. The van der Waals surface area contributed by atoms with Gasteiger partial charge in [-0.25, -0.2) is 0 Å². The van der Waals surface area contributed by atoms with Gasteiger partial charge < -0.3 is 19.9 Å². The highest BCUT2D eigenvalue weighted by molar-refractivity contribution is 6.31. The summed E-state index contributed by atoms with van der Waals surface area (Å²) >= 11 is 6.08. The topological polar surface area (TPSA) is 57.5 Å². The molecule has 6 heteroatoms. The van der Waals surface area contributed by atoms with E-state index in [0.717, 1.165) is 32.2 Å². The molecule has 21 heavy (non-hydrogen) atoms. The standard InChI is InChI=1S/C15H22ClN3O2/c16-11-8-14(19(9-11)13-3-4-13)15(21)18(6-7-20)10-12-2-1-5-17-12/h8-9,12-13,17,20H,1-7,10H2. The summed E-state index contributed by atoms with van der Waals surface area (Å²) in [5.41, 5.74) is 0.647. The van der Waals surface area contributed by atoms with Gasteiger partial charge in [0.25, 0.3) is 5.91 Å². The Bertz CT molecular complexity index is 507. The molecule has 1 aromatic heterocycles. The number of carbonyl (C=O) groups excluding carboxylic acids is 1. The van der Waals surface area contributed by atoms with E-state index in [9.17, 15) is 9.90 Å². The van der Waals surface area contributed by atoms with E-state index in [4.69, 9.17) is 11.6 Å². The number of halogens is 1. The number of carbonyl (C=O) groups is 1. The first-order valence-electron chi connectivity index (χ1n) is 7.70. The Kier molecular flexibility index (Phi) is 4.52. The smallest absolute Gasteiger partial charge is 0.270 e. The molecule has 1 aliphatic heterocycles. The lowest BCUT2D eigenvalue weighted by Gasteiger charge is -2.25. The van der Waals surface area contributed by atoms with Crippen LogP contribution in [0.15, 0.2) is 12.3 Å². The third-order valence-electron chi connectivity index (χ3n) is 4.23. The first-order chi connectivity index (χ1) is 10.2. The molecule has 0 aromatic carbocycles. The van der Waals surface area contributed by atoms with Crippen molar-refractivity contribution >= 4 is 17.5 Å². The van der Waals surface area contributed by atoms with Gasteiger partial charge in [0, 0.05) is 31.4 Å². The number of aliphatic hydroxyl groups excluding tert-OH is 1. The van der Waals surface area contributed by atoms with Gasteiger partial charge in [-0.05, 0) is 38.3 Å². The van der Waals surface area contributed by atoms with Gasteiger partial charge in [0.2, 0.25) is 0 Å². The molecule has 3 rings (SSSR count). The Morgan fingerprint density at radius 2 is 2.29 bits per heavy atom. The van der Waals surface area contributed by atoms with Crippen LogP contribution in [-0.4, -0.2) is 52.8 Å². The van der Waals surface area contributed by atoms with E-state index < -0.39 is 0 Å². The number of hydrogen-bond donors (Lipinski definition) is 2. The predicted octanol–water partition coefficient (Wildman–Crippen LogP) is 1.66. The summed E-state index contributed by atoms with van der Waals surface area (Å²) < 4.78 is 2.00. The maximum absolute atomic E-state index is 12.8. The Hall–Kier alpha value is -1.04. The lowest BCUT2D eigenvalue weighted by molar-refractivity contribution is 0.0695. The zero-order chi connectivity index (χ0) is 14.8. The van der Waals surface area contributed by atoms with Gasteiger partial charge in [0.1, 0.15) is 5.69 Å². The van der Waals surface area contributed by atoms with Crippen LogP contribution in [0, 0.1) is 0 Å². The maximum Gasteiger partial charge on any atom is 0.270 e. The minimum atomic E-state index is -0.0310. The predicted molar refractivity (Wildman–Crippen MR) is 81.7 cm³/mol. The number of amides is 1. The molecule has 2 N–H and O–H groups in total. The van der Waals surface area contributed by atoms with Crippen molar-refractivity contribution in [2.24, 2.45) is 0 Å². The largest absolute Gasteiger partial charge is 0.395 e. The molecule has 1 amide bonds. The van der Waals surface area contributed by atoms with Crippen molar-refractivity contribution in [2.45, 2.75) is 37.8 Å². The number of aliphatic hydroxyl groups is 1. The van der Waals surface area contributed by atoms with Crippen molar-refractivity contribution in [3.8, 4) is 0 Å². The number of aromatic nitrogens is 1.